The summed E-state index contributed by atoms with van der Waals surface area (Å²) in [4.78, 5) is 34.0. The predicted molar refractivity (Wildman–Crippen MR) is 74.6 cm³/mol. The number of nitrogens with zero attached hydrogens (tertiary/aromatic N) is 1. The minimum absolute atomic E-state index is 0.116. The van der Waals surface area contributed by atoms with Gasteiger partial charge in [0.15, 0.2) is 0 Å². The van der Waals surface area contributed by atoms with Crippen LogP contribution in [0.3, 0.4) is 0 Å². The van der Waals surface area contributed by atoms with Crippen LogP contribution in [0.4, 0.5) is 10.5 Å². The molecule has 0 radical (unpaired) electrons. The summed E-state index contributed by atoms with van der Waals surface area (Å²) in [5.74, 6) is -0.247. The Bertz CT molecular complexity index is 525. The standard InChI is InChI=1S/C13H19N3O4/c1-3-16-9-10(5-6-12(16)18)15-11(17)7-8-14-13(19)20-4-2/h5-6,9H,3-4,7-8H2,1-2H3,(H,14,19)(H,15,17). The Balaban J connectivity index is 2.42. The van der Waals surface area contributed by atoms with Crippen molar-refractivity contribution in [3.05, 3.63) is 28.7 Å². The molecule has 0 saturated carbocycles. The van der Waals surface area contributed by atoms with E-state index in [1.54, 1.807) is 19.2 Å². The van der Waals surface area contributed by atoms with Crippen LogP contribution >= 0.6 is 0 Å². The maximum Gasteiger partial charge on any atom is 0.407 e. The van der Waals surface area contributed by atoms with Crippen LogP contribution in [-0.4, -0.2) is 29.7 Å². The average Bonchev–Trinajstić information content (AvgIpc) is 2.41. The molecule has 20 heavy (non-hydrogen) atoms. The van der Waals surface area contributed by atoms with E-state index in [2.05, 4.69) is 15.4 Å². The minimum Gasteiger partial charge on any atom is -0.450 e. The van der Waals surface area contributed by atoms with Crippen LogP contribution < -0.4 is 16.2 Å². The molecule has 0 spiro atoms. The fraction of sp³-hybridized carbons (Fsp3) is 0.462. The predicted octanol–water partition coefficient (Wildman–Crippen LogP) is 0.943. The van der Waals surface area contributed by atoms with Crippen LogP contribution in [0.5, 0.6) is 0 Å². The number of nitrogens with one attached hydrogen (secondary N) is 2. The zero-order chi connectivity index (χ0) is 15.0. The summed E-state index contributed by atoms with van der Waals surface area (Å²) in [6.07, 6.45) is 1.17. The van der Waals surface area contributed by atoms with Gasteiger partial charge in [-0.1, -0.05) is 0 Å². The van der Waals surface area contributed by atoms with Crippen molar-refractivity contribution in [3.63, 3.8) is 0 Å². The number of anilines is 1. The lowest BCUT2D eigenvalue weighted by atomic mass is 10.3. The molecule has 2 N–H and O–H groups in total. The number of ether oxygens (including phenoxy) is 1. The highest BCUT2D eigenvalue weighted by molar-refractivity contribution is 5.90. The number of carbonyl (C=O) groups is 2. The number of pyridine rings is 1. The Kier molecular flexibility index (Phi) is 6.28. The Morgan fingerprint density at radius 1 is 1.30 bits per heavy atom. The second-order valence-electron chi connectivity index (χ2n) is 3.99. The molecule has 1 aromatic rings. The van der Waals surface area contributed by atoms with Gasteiger partial charge in [-0.2, -0.15) is 0 Å². The molecule has 1 rings (SSSR count). The van der Waals surface area contributed by atoms with Crippen LogP contribution in [0.1, 0.15) is 20.3 Å². The van der Waals surface area contributed by atoms with Gasteiger partial charge in [0.1, 0.15) is 0 Å². The van der Waals surface area contributed by atoms with E-state index >= 15 is 0 Å². The van der Waals surface area contributed by atoms with Gasteiger partial charge in [-0.25, -0.2) is 4.79 Å². The molecular formula is C13H19N3O4. The maximum absolute atomic E-state index is 11.6. The van der Waals surface area contributed by atoms with Gasteiger partial charge >= 0.3 is 6.09 Å². The topological polar surface area (TPSA) is 89.4 Å². The van der Waals surface area contributed by atoms with Gasteiger partial charge in [-0.15, -0.1) is 0 Å². The van der Waals surface area contributed by atoms with Gasteiger partial charge in [0.25, 0.3) is 5.56 Å². The third kappa shape index (κ3) is 5.13. The van der Waals surface area contributed by atoms with E-state index in [0.29, 0.717) is 12.2 Å². The summed E-state index contributed by atoms with van der Waals surface area (Å²) in [6.45, 7) is 4.56. The maximum atomic E-state index is 11.6. The smallest absolute Gasteiger partial charge is 0.407 e. The lowest BCUT2D eigenvalue weighted by Crippen LogP contribution is -2.28. The first-order valence-corrected chi connectivity index (χ1v) is 6.47. The van der Waals surface area contributed by atoms with Crippen molar-refractivity contribution in [3.8, 4) is 0 Å². The first-order chi connectivity index (χ1) is 9.56. The summed E-state index contributed by atoms with van der Waals surface area (Å²) in [6, 6.07) is 2.95. The monoisotopic (exact) mass is 281 g/mol. The van der Waals surface area contributed by atoms with Crippen molar-refractivity contribution in [2.75, 3.05) is 18.5 Å². The number of hydrogen-bond donors (Lipinski definition) is 2. The molecule has 1 heterocycles. The number of amides is 2. The number of rotatable bonds is 6. The molecule has 0 unspecified atom stereocenters. The van der Waals surface area contributed by atoms with Crippen molar-refractivity contribution in [1.29, 1.82) is 0 Å². The third-order valence-electron chi connectivity index (χ3n) is 2.50. The third-order valence-corrected chi connectivity index (χ3v) is 2.50. The van der Waals surface area contributed by atoms with Crippen molar-refractivity contribution in [1.82, 2.24) is 9.88 Å². The fourth-order valence-corrected chi connectivity index (χ4v) is 1.54. The van der Waals surface area contributed by atoms with Crippen molar-refractivity contribution in [2.45, 2.75) is 26.8 Å². The Morgan fingerprint density at radius 3 is 2.70 bits per heavy atom. The zero-order valence-electron chi connectivity index (χ0n) is 11.6. The van der Waals surface area contributed by atoms with Gasteiger partial charge < -0.3 is 19.9 Å². The fourth-order valence-electron chi connectivity index (χ4n) is 1.54. The molecule has 0 aromatic carbocycles. The van der Waals surface area contributed by atoms with Crippen molar-refractivity contribution < 1.29 is 14.3 Å². The van der Waals surface area contributed by atoms with E-state index in [1.165, 1.54) is 10.6 Å². The first-order valence-electron chi connectivity index (χ1n) is 6.47. The van der Waals surface area contributed by atoms with E-state index in [0.717, 1.165) is 0 Å². The molecule has 0 aliphatic rings. The number of aromatic nitrogens is 1. The van der Waals surface area contributed by atoms with E-state index < -0.39 is 6.09 Å². The minimum atomic E-state index is -0.542. The molecule has 0 atom stereocenters. The van der Waals surface area contributed by atoms with Gasteiger partial charge in [0.05, 0.1) is 12.3 Å². The van der Waals surface area contributed by atoms with Crippen molar-refractivity contribution in [2.24, 2.45) is 0 Å². The molecular weight excluding hydrogens is 262 g/mol. The van der Waals surface area contributed by atoms with Gasteiger partial charge in [0.2, 0.25) is 5.91 Å². The highest BCUT2D eigenvalue weighted by Gasteiger charge is 2.05. The number of alkyl carbamates (subject to hydrolysis) is 1. The molecule has 7 heteroatoms. The van der Waals surface area contributed by atoms with Crippen LogP contribution in [0.15, 0.2) is 23.1 Å². The second kappa shape index (κ2) is 7.98. The van der Waals surface area contributed by atoms with Crippen LogP contribution in [-0.2, 0) is 16.1 Å². The number of aryl methyl sites for hydroxylation is 1. The summed E-state index contributed by atoms with van der Waals surface area (Å²) in [5.41, 5.74) is 0.432. The molecule has 0 fully saturated rings. The Labute approximate surface area is 116 Å². The normalized spacial score (nSPS) is 9.90. The van der Waals surface area contributed by atoms with E-state index in [-0.39, 0.29) is 31.0 Å². The molecule has 110 valence electrons. The molecule has 1 aromatic heterocycles. The summed E-state index contributed by atoms with van der Waals surface area (Å²) < 4.78 is 6.16. The average molecular weight is 281 g/mol. The number of hydrogen-bond acceptors (Lipinski definition) is 4. The molecule has 7 nitrogen and oxygen atoms in total. The Hall–Kier alpha value is -2.31. The van der Waals surface area contributed by atoms with Crippen LogP contribution in [0.2, 0.25) is 0 Å². The zero-order valence-corrected chi connectivity index (χ0v) is 11.6. The SMILES string of the molecule is CCOC(=O)NCCC(=O)Nc1ccc(=O)n(CC)c1. The van der Waals surface area contributed by atoms with E-state index in [4.69, 9.17) is 0 Å². The second-order valence-corrected chi connectivity index (χ2v) is 3.99. The molecule has 0 saturated heterocycles. The quantitative estimate of drug-likeness (QED) is 0.812. The molecule has 2 amide bonds. The molecule has 0 aliphatic carbocycles. The highest BCUT2D eigenvalue weighted by Crippen LogP contribution is 2.03. The summed E-state index contributed by atoms with van der Waals surface area (Å²) >= 11 is 0. The first kappa shape index (κ1) is 15.7. The van der Waals surface area contributed by atoms with Crippen molar-refractivity contribution >= 4 is 17.7 Å². The van der Waals surface area contributed by atoms with E-state index in [9.17, 15) is 14.4 Å². The molecule has 0 bridgehead atoms. The van der Waals surface area contributed by atoms with E-state index in [1.807, 2.05) is 6.92 Å². The lowest BCUT2D eigenvalue weighted by Gasteiger charge is -2.08. The lowest BCUT2D eigenvalue weighted by molar-refractivity contribution is -0.116. The van der Waals surface area contributed by atoms with Gasteiger partial charge in [-0.3, -0.25) is 9.59 Å². The van der Waals surface area contributed by atoms with Gasteiger partial charge in [-0.05, 0) is 19.9 Å². The Morgan fingerprint density at radius 2 is 2.05 bits per heavy atom. The van der Waals surface area contributed by atoms with Crippen LogP contribution in [0.25, 0.3) is 0 Å². The summed E-state index contributed by atoms with van der Waals surface area (Å²) in [5, 5.41) is 5.11. The summed E-state index contributed by atoms with van der Waals surface area (Å²) in [7, 11) is 0. The largest absolute Gasteiger partial charge is 0.450 e. The molecule has 0 aliphatic heterocycles. The highest BCUT2D eigenvalue weighted by atomic mass is 16.5. The van der Waals surface area contributed by atoms with Gasteiger partial charge in [0, 0.05) is 31.8 Å². The van der Waals surface area contributed by atoms with Crippen LogP contribution in [0, 0.1) is 0 Å². The number of carbonyl (C=O) groups excluding carboxylic acids is 2.